The van der Waals surface area contributed by atoms with Crippen molar-refractivity contribution < 1.29 is 4.79 Å². The van der Waals surface area contributed by atoms with Crippen molar-refractivity contribution in [2.45, 2.75) is 33.1 Å². The fourth-order valence-electron chi connectivity index (χ4n) is 2.71. The molecule has 3 aromatic rings. The van der Waals surface area contributed by atoms with Gasteiger partial charge in [-0.3, -0.25) is 4.79 Å². The fourth-order valence-corrected chi connectivity index (χ4v) is 2.71. The molecule has 0 bridgehead atoms. The maximum Gasteiger partial charge on any atom is 0.220 e. The minimum Gasteiger partial charge on any atom is -0.356 e. The predicted molar refractivity (Wildman–Crippen MR) is 96.1 cm³/mol. The molecule has 1 amide bonds. The summed E-state index contributed by atoms with van der Waals surface area (Å²) in [5, 5.41) is 2.98. The van der Waals surface area contributed by atoms with Crippen molar-refractivity contribution in [3.05, 3.63) is 71.2 Å². The molecule has 0 radical (unpaired) electrons. The van der Waals surface area contributed by atoms with Crippen LogP contribution in [-0.2, 0) is 17.6 Å². The molecule has 0 aliphatic rings. The van der Waals surface area contributed by atoms with Gasteiger partial charge >= 0.3 is 0 Å². The van der Waals surface area contributed by atoms with Gasteiger partial charge in [-0.15, -0.1) is 0 Å². The van der Waals surface area contributed by atoms with Gasteiger partial charge < -0.3 is 9.72 Å². The largest absolute Gasteiger partial charge is 0.356 e. The summed E-state index contributed by atoms with van der Waals surface area (Å²) in [6.07, 6.45) is 6.14. The number of fused-ring (bicyclic) bond motifs is 1. The number of rotatable bonds is 6. The van der Waals surface area contributed by atoms with E-state index in [2.05, 4.69) is 60.7 Å². The molecular formula is C20H23N3O. The van der Waals surface area contributed by atoms with Gasteiger partial charge in [0, 0.05) is 31.8 Å². The summed E-state index contributed by atoms with van der Waals surface area (Å²) >= 11 is 0. The molecule has 0 saturated carbocycles. The van der Waals surface area contributed by atoms with Crippen LogP contribution in [0.3, 0.4) is 0 Å². The normalized spacial score (nSPS) is 10.9. The second-order valence-corrected chi connectivity index (χ2v) is 6.29. The average molecular weight is 321 g/mol. The summed E-state index contributed by atoms with van der Waals surface area (Å²) in [4.78, 5) is 16.5. The average Bonchev–Trinajstić information content (AvgIpc) is 2.96. The molecule has 4 heteroatoms. The van der Waals surface area contributed by atoms with E-state index in [0.717, 1.165) is 24.2 Å². The van der Waals surface area contributed by atoms with Crippen LogP contribution in [0, 0.1) is 13.8 Å². The smallest absolute Gasteiger partial charge is 0.220 e. The Kier molecular flexibility index (Phi) is 4.94. The minimum atomic E-state index is 0.0928. The van der Waals surface area contributed by atoms with Crippen LogP contribution in [0.5, 0.6) is 0 Å². The predicted octanol–water partition coefficient (Wildman–Crippen LogP) is 3.24. The number of pyridine rings is 1. The Balaban J connectivity index is 1.44. The molecule has 0 aliphatic carbocycles. The Bertz CT molecular complexity index is 834. The Labute approximate surface area is 142 Å². The monoisotopic (exact) mass is 321 g/mol. The van der Waals surface area contributed by atoms with Gasteiger partial charge in [-0.1, -0.05) is 35.9 Å². The number of benzene rings is 1. The highest BCUT2D eigenvalue weighted by atomic mass is 16.1. The number of carbonyl (C=O) groups is 1. The summed E-state index contributed by atoms with van der Waals surface area (Å²) in [6, 6.07) is 12.4. The number of hydrogen-bond acceptors (Lipinski definition) is 2. The zero-order chi connectivity index (χ0) is 16.9. The number of hydrogen-bond donors (Lipinski definition) is 1. The van der Waals surface area contributed by atoms with Crippen LogP contribution in [0.4, 0.5) is 0 Å². The number of imidazole rings is 1. The van der Waals surface area contributed by atoms with Gasteiger partial charge in [-0.05, 0) is 37.5 Å². The van der Waals surface area contributed by atoms with E-state index in [-0.39, 0.29) is 5.91 Å². The highest BCUT2D eigenvalue weighted by Gasteiger charge is 2.05. The zero-order valence-corrected chi connectivity index (χ0v) is 14.2. The van der Waals surface area contributed by atoms with E-state index >= 15 is 0 Å². The fraction of sp³-hybridized carbons (Fsp3) is 0.300. The molecule has 0 fully saturated rings. The number of amides is 1. The maximum absolute atomic E-state index is 12.0. The third kappa shape index (κ3) is 4.22. The van der Waals surface area contributed by atoms with E-state index in [1.165, 1.54) is 16.7 Å². The lowest BCUT2D eigenvalue weighted by Gasteiger charge is -2.04. The lowest BCUT2D eigenvalue weighted by atomic mass is 10.1. The molecule has 1 aromatic carbocycles. The molecule has 2 heterocycles. The Morgan fingerprint density at radius 3 is 2.54 bits per heavy atom. The van der Waals surface area contributed by atoms with Crippen LogP contribution < -0.4 is 5.32 Å². The van der Waals surface area contributed by atoms with Crippen molar-refractivity contribution in [2.24, 2.45) is 0 Å². The SMILES string of the molecule is Cc1ccc(CCC(=O)NCCc2cn3cc(C)ccc3n2)cc1. The summed E-state index contributed by atoms with van der Waals surface area (Å²) in [6.45, 7) is 4.75. The van der Waals surface area contributed by atoms with Crippen molar-refractivity contribution in [3.63, 3.8) is 0 Å². The van der Waals surface area contributed by atoms with E-state index < -0.39 is 0 Å². The van der Waals surface area contributed by atoms with Gasteiger partial charge in [-0.2, -0.15) is 0 Å². The standard InChI is InChI=1S/C20H23N3O/c1-15-3-6-17(7-4-15)8-10-20(24)21-12-11-18-14-23-13-16(2)5-9-19(23)22-18/h3-7,9,13-14H,8,10-12H2,1-2H3,(H,21,24). The molecule has 1 N–H and O–H groups in total. The zero-order valence-electron chi connectivity index (χ0n) is 14.2. The van der Waals surface area contributed by atoms with Crippen molar-refractivity contribution in [3.8, 4) is 0 Å². The minimum absolute atomic E-state index is 0.0928. The summed E-state index contributed by atoms with van der Waals surface area (Å²) < 4.78 is 2.03. The van der Waals surface area contributed by atoms with E-state index in [0.29, 0.717) is 13.0 Å². The van der Waals surface area contributed by atoms with Gasteiger partial charge in [0.05, 0.1) is 5.69 Å². The van der Waals surface area contributed by atoms with Crippen LogP contribution in [0.1, 0.15) is 28.8 Å². The number of aromatic nitrogens is 2. The molecule has 3 rings (SSSR count). The number of aryl methyl sites for hydroxylation is 3. The molecule has 0 unspecified atom stereocenters. The van der Waals surface area contributed by atoms with E-state index in [4.69, 9.17) is 0 Å². The molecule has 2 aromatic heterocycles. The first-order valence-corrected chi connectivity index (χ1v) is 8.36. The van der Waals surface area contributed by atoms with Gasteiger partial charge in [0.1, 0.15) is 5.65 Å². The molecule has 0 spiro atoms. The first-order valence-electron chi connectivity index (χ1n) is 8.36. The molecule has 4 nitrogen and oxygen atoms in total. The third-order valence-corrected chi connectivity index (χ3v) is 4.11. The Morgan fingerprint density at radius 1 is 1.00 bits per heavy atom. The summed E-state index contributed by atoms with van der Waals surface area (Å²) in [7, 11) is 0. The Hall–Kier alpha value is -2.62. The van der Waals surface area contributed by atoms with Crippen LogP contribution in [0.25, 0.3) is 5.65 Å². The lowest BCUT2D eigenvalue weighted by molar-refractivity contribution is -0.121. The Morgan fingerprint density at radius 2 is 1.75 bits per heavy atom. The van der Waals surface area contributed by atoms with E-state index in [1.54, 1.807) is 0 Å². The topological polar surface area (TPSA) is 46.4 Å². The quantitative estimate of drug-likeness (QED) is 0.757. The van der Waals surface area contributed by atoms with E-state index in [9.17, 15) is 4.79 Å². The molecule has 0 atom stereocenters. The molecule has 0 aliphatic heterocycles. The summed E-state index contributed by atoms with van der Waals surface area (Å²) in [5.74, 6) is 0.0928. The number of nitrogens with one attached hydrogen (secondary N) is 1. The number of nitrogens with zero attached hydrogens (tertiary/aromatic N) is 2. The van der Waals surface area contributed by atoms with Crippen molar-refractivity contribution >= 4 is 11.6 Å². The second-order valence-electron chi connectivity index (χ2n) is 6.29. The van der Waals surface area contributed by atoms with Gasteiger partial charge in [0.15, 0.2) is 0 Å². The lowest BCUT2D eigenvalue weighted by Crippen LogP contribution is -2.25. The second kappa shape index (κ2) is 7.30. The maximum atomic E-state index is 12.0. The first-order chi connectivity index (χ1) is 11.6. The first kappa shape index (κ1) is 16.2. The van der Waals surface area contributed by atoms with Crippen LogP contribution in [-0.4, -0.2) is 21.8 Å². The van der Waals surface area contributed by atoms with Gasteiger partial charge in [0.25, 0.3) is 0 Å². The van der Waals surface area contributed by atoms with E-state index in [1.807, 2.05) is 16.7 Å². The van der Waals surface area contributed by atoms with Crippen molar-refractivity contribution in [1.82, 2.24) is 14.7 Å². The molecular weight excluding hydrogens is 298 g/mol. The van der Waals surface area contributed by atoms with Gasteiger partial charge in [-0.25, -0.2) is 4.98 Å². The highest BCUT2D eigenvalue weighted by Crippen LogP contribution is 2.08. The summed E-state index contributed by atoms with van der Waals surface area (Å²) in [5.41, 5.74) is 5.59. The van der Waals surface area contributed by atoms with Crippen molar-refractivity contribution in [2.75, 3.05) is 6.54 Å². The number of carbonyl (C=O) groups excluding carboxylic acids is 1. The van der Waals surface area contributed by atoms with Crippen LogP contribution >= 0.6 is 0 Å². The molecule has 124 valence electrons. The third-order valence-electron chi connectivity index (χ3n) is 4.11. The highest BCUT2D eigenvalue weighted by molar-refractivity contribution is 5.76. The van der Waals surface area contributed by atoms with Crippen LogP contribution in [0.2, 0.25) is 0 Å². The van der Waals surface area contributed by atoms with Gasteiger partial charge in [0.2, 0.25) is 5.91 Å². The van der Waals surface area contributed by atoms with Crippen molar-refractivity contribution in [1.29, 1.82) is 0 Å². The molecule has 24 heavy (non-hydrogen) atoms. The van der Waals surface area contributed by atoms with Crippen LogP contribution in [0.15, 0.2) is 48.8 Å². The molecule has 0 saturated heterocycles.